The van der Waals surface area contributed by atoms with Crippen LogP contribution in [0.3, 0.4) is 0 Å². The minimum atomic E-state index is 0.224. The lowest BCUT2D eigenvalue weighted by Crippen LogP contribution is -2.35. The van der Waals surface area contributed by atoms with Gasteiger partial charge in [-0.2, -0.15) is 0 Å². The molecule has 102 valence electrons. The Labute approximate surface area is 111 Å². The maximum absolute atomic E-state index is 5.68. The standard InChI is InChI=1S/C15H26N2O/c1-12(2)18-15-8-6-7-14(9-15)11-16-10-13(3)17(4)5/h6-9,12-13,16H,10-11H2,1-5H3. The zero-order valence-corrected chi connectivity index (χ0v) is 12.2. The van der Waals surface area contributed by atoms with E-state index in [0.29, 0.717) is 6.04 Å². The molecular weight excluding hydrogens is 224 g/mol. The Bertz CT molecular complexity index is 350. The van der Waals surface area contributed by atoms with E-state index in [2.05, 4.69) is 43.4 Å². The fourth-order valence-corrected chi connectivity index (χ4v) is 1.61. The zero-order valence-electron chi connectivity index (χ0n) is 12.2. The second kappa shape index (κ2) is 7.39. The van der Waals surface area contributed by atoms with E-state index >= 15 is 0 Å². The van der Waals surface area contributed by atoms with Crippen molar-refractivity contribution in [2.24, 2.45) is 0 Å². The molecule has 0 bridgehead atoms. The first-order valence-corrected chi connectivity index (χ1v) is 6.61. The van der Waals surface area contributed by atoms with E-state index in [-0.39, 0.29) is 6.10 Å². The lowest BCUT2D eigenvalue weighted by atomic mass is 10.2. The topological polar surface area (TPSA) is 24.5 Å². The van der Waals surface area contributed by atoms with E-state index in [0.717, 1.165) is 18.8 Å². The van der Waals surface area contributed by atoms with Crippen LogP contribution in [0.4, 0.5) is 0 Å². The zero-order chi connectivity index (χ0) is 13.5. The van der Waals surface area contributed by atoms with Crippen molar-refractivity contribution in [3.05, 3.63) is 29.8 Å². The summed E-state index contributed by atoms with van der Waals surface area (Å²) in [5, 5.41) is 3.47. The van der Waals surface area contributed by atoms with E-state index in [1.807, 2.05) is 26.0 Å². The summed E-state index contributed by atoms with van der Waals surface area (Å²) in [5.41, 5.74) is 1.26. The van der Waals surface area contributed by atoms with Gasteiger partial charge in [0.05, 0.1) is 6.10 Å². The normalized spacial score (nSPS) is 13.1. The molecule has 0 heterocycles. The molecule has 0 aliphatic carbocycles. The maximum Gasteiger partial charge on any atom is 0.120 e. The third-order valence-corrected chi connectivity index (χ3v) is 2.92. The highest BCUT2D eigenvalue weighted by Gasteiger charge is 2.04. The lowest BCUT2D eigenvalue weighted by Gasteiger charge is -2.20. The van der Waals surface area contributed by atoms with Crippen LogP contribution in [0.15, 0.2) is 24.3 Å². The van der Waals surface area contributed by atoms with Gasteiger partial charge in [0.1, 0.15) is 5.75 Å². The van der Waals surface area contributed by atoms with Crippen LogP contribution in [0, 0.1) is 0 Å². The molecule has 18 heavy (non-hydrogen) atoms. The molecule has 3 heteroatoms. The van der Waals surface area contributed by atoms with Gasteiger partial charge in [0.2, 0.25) is 0 Å². The Morgan fingerprint density at radius 3 is 2.56 bits per heavy atom. The first-order chi connectivity index (χ1) is 8.49. The predicted molar refractivity (Wildman–Crippen MR) is 77.1 cm³/mol. The van der Waals surface area contributed by atoms with Gasteiger partial charge in [-0.1, -0.05) is 12.1 Å². The number of hydrogen-bond donors (Lipinski definition) is 1. The highest BCUT2D eigenvalue weighted by molar-refractivity contribution is 5.28. The Morgan fingerprint density at radius 2 is 1.94 bits per heavy atom. The van der Waals surface area contributed by atoms with Gasteiger partial charge >= 0.3 is 0 Å². The SMILES string of the molecule is CC(C)Oc1cccc(CNCC(C)N(C)C)c1. The minimum Gasteiger partial charge on any atom is -0.491 e. The molecule has 0 radical (unpaired) electrons. The number of nitrogens with one attached hydrogen (secondary N) is 1. The summed E-state index contributed by atoms with van der Waals surface area (Å²) in [5.74, 6) is 0.949. The average Bonchev–Trinajstić information content (AvgIpc) is 2.28. The number of rotatable bonds is 7. The van der Waals surface area contributed by atoms with Crippen molar-refractivity contribution >= 4 is 0 Å². The third kappa shape index (κ3) is 5.52. The number of likely N-dealkylation sites (N-methyl/N-ethyl adjacent to an activating group) is 1. The van der Waals surface area contributed by atoms with Crippen molar-refractivity contribution < 1.29 is 4.74 Å². The van der Waals surface area contributed by atoms with Crippen LogP contribution >= 0.6 is 0 Å². The second-order valence-corrected chi connectivity index (χ2v) is 5.26. The van der Waals surface area contributed by atoms with Gasteiger partial charge in [0.15, 0.2) is 0 Å². The Hall–Kier alpha value is -1.06. The quantitative estimate of drug-likeness (QED) is 0.805. The summed E-state index contributed by atoms with van der Waals surface area (Å²) < 4.78 is 5.68. The molecule has 3 nitrogen and oxygen atoms in total. The Kier molecular flexibility index (Phi) is 6.16. The number of nitrogens with zero attached hydrogens (tertiary/aromatic N) is 1. The molecule has 1 atom stereocenters. The summed E-state index contributed by atoms with van der Waals surface area (Å²) in [6.45, 7) is 8.18. The highest BCUT2D eigenvalue weighted by atomic mass is 16.5. The summed E-state index contributed by atoms with van der Waals surface area (Å²) >= 11 is 0. The van der Waals surface area contributed by atoms with Crippen LogP contribution in [-0.2, 0) is 6.54 Å². The molecule has 0 aliphatic rings. The molecule has 1 aromatic carbocycles. The van der Waals surface area contributed by atoms with E-state index in [1.165, 1.54) is 5.56 Å². The first kappa shape index (κ1) is 15.0. The molecule has 0 amide bonds. The lowest BCUT2D eigenvalue weighted by molar-refractivity contribution is 0.242. The Morgan fingerprint density at radius 1 is 1.22 bits per heavy atom. The van der Waals surface area contributed by atoms with Gasteiger partial charge in [-0.3, -0.25) is 0 Å². The minimum absolute atomic E-state index is 0.224. The van der Waals surface area contributed by atoms with Gasteiger partial charge in [-0.15, -0.1) is 0 Å². The fourth-order valence-electron chi connectivity index (χ4n) is 1.61. The average molecular weight is 250 g/mol. The van der Waals surface area contributed by atoms with Gasteiger partial charge in [0.25, 0.3) is 0 Å². The van der Waals surface area contributed by atoms with E-state index in [1.54, 1.807) is 0 Å². The molecule has 0 saturated carbocycles. The number of benzene rings is 1. The fraction of sp³-hybridized carbons (Fsp3) is 0.600. The van der Waals surface area contributed by atoms with Crippen LogP contribution < -0.4 is 10.1 Å². The molecule has 1 unspecified atom stereocenters. The van der Waals surface area contributed by atoms with Crippen LogP contribution in [0.2, 0.25) is 0 Å². The van der Waals surface area contributed by atoms with Crippen molar-refractivity contribution in [2.75, 3.05) is 20.6 Å². The van der Waals surface area contributed by atoms with Crippen molar-refractivity contribution in [3.8, 4) is 5.75 Å². The third-order valence-electron chi connectivity index (χ3n) is 2.92. The number of hydrogen-bond acceptors (Lipinski definition) is 3. The predicted octanol–water partition coefficient (Wildman–Crippen LogP) is 2.51. The second-order valence-electron chi connectivity index (χ2n) is 5.26. The molecule has 1 N–H and O–H groups in total. The monoisotopic (exact) mass is 250 g/mol. The van der Waals surface area contributed by atoms with Crippen molar-refractivity contribution in [2.45, 2.75) is 39.5 Å². The van der Waals surface area contributed by atoms with E-state index < -0.39 is 0 Å². The molecule has 1 aromatic rings. The first-order valence-electron chi connectivity index (χ1n) is 6.61. The summed E-state index contributed by atoms with van der Waals surface area (Å²) in [4.78, 5) is 2.21. The smallest absolute Gasteiger partial charge is 0.120 e. The van der Waals surface area contributed by atoms with Crippen molar-refractivity contribution in [3.63, 3.8) is 0 Å². The highest BCUT2D eigenvalue weighted by Crippen LogP contribution is 2.14. The van der Waals surface area contributed by atoms with Gasteiger partial charge in [-0.05, 0) is 52.6 Å². The van der Waals surface area contributed by atoms with Crippen molar-refractivity contribution in [1.29, 1.82) is 0 Å². The van der Waals surface area contributed by atoms with Gasteiger partial charge in [-0.25, -0.2) is 0 Å². The van der Waals surface area contributed by atoms with Crippen molar-refractivity contribution in [1.82, 2.24) is 10.2 Å². The Balaban J connectivity index is 2.42. The molecule has 0 aliphatic heterocycles. The van der Waals surface area contributed by atoms with Gasteiger partial charge in [0, 0.05) is 19.1 Å². The molecule has 0 saturated heterocycles. The molecule has 0 fully saturated rings. The molecular formula is C15H26N2O. The van der Waals surface area contributed by atoms with E-state index in [4.69, 9.17) is 4.74 Å². The van der Waals surface area contributed by atoms with Gasteiger partial charge < -0.3 is 15.0 Å². The molecule has 0 aromatic heterocycles. The summed E-state index contributed by atoms with van der Waals surface area (Å²) in [6, 6.07) is 8.82. The number of ether oxygens (including phenoxy) is 1. The summed E-state index contributed by atoms with van der Waals surface area (Å²) in [6.07, 6.45) is 0.224. The largest absolute Gasteiger partial charge is 0.491 e. The summed E-state index contributed by atoms with van der Waals surface area (Å²) in [7, 11) is 4.20. The maximum atomic E-state index is 5.68. The van der Waals surface area contributed by atoms with Crippen LogP contribution in [-0.4, -0.2) is 37.7 Å². The molecule has 1 rings (SSSR count). The molecule has 0 spiro atoms. The van der Waals surface area contributed by atoms with Crippen LogP contribution in [0.25, 0.3) is 0 Å². The van der Waals surface area contributed by atoms with Crippen LogP contribution in [0.1, 0.15) is 26.3 Å². The van der Waals surface area contributed by atoms with E-state index in [9.17, 15) is 0 Å². The van der Waals surface area contributed by atoms with Crippen LogP contribution in [0.5, 0.6) is 5.75 Å².